The summed E-state index contributed by atoms with van der Waals surface area (Å²) in [5.41, 5.74) is 2.55. The van der Waals surface area contributed by atoms with Crippen LogP contribution in [0.1, 0.15) is 30.9 Å². The van der Waals surface area contributed by atoms with Gasteiger partial charge in [-0.2, -0.15) is 0 Å². The molecule has 0 aromatic heterocycles. The zero-order valence-electron chi connectivity index (χ0n) is 10.3. The molecule has 2 rings (SSSR count). The molecule has 0 fully saturated rings. The van der Waals surface area contributed by atoms with Crippen molar-refractivity contribution in [2.24, 2.45) is 0 Å². The first-order chi connectivity index (χ1) is 8.25. The minimum absolute atomic E-state index is 0.576. The zero-order valence-corrected chi connectivity index (χ0v) is 10.3. The van der Waals surface area contributed by atoms with Crippen LogP contribution in [0.4, 0.5) is 0 Å². The van der Waals surface area contributed by atoms with Gasteiger partial charge in [0.1, 0.15) is 12.4 Å². The monoisotopic (exact) mass is 225 g/mol. The number of para-hydroxylation sites is 1. The maximum atomic E-state index is 5.64. The van der Waals surface area contributed by atoms with Gasteiger partial charge in [0.25, 0.3) is 0 Å². The minimum atomic E-state index is 0.576. The second-order valence-electron chi connectivity index (χ2n) is 4.41. The topological polar surface area (TPSA) is 9.23 Å². The molecule has 0 heterocycles. The minimum Gasteiger partial charge on any atom is -0.488 e. The predicted molar refractivity (Wildman–Crippen MR) is 70.1 cm³/mol. The molecule has 2 aromatic rings. The highest BCUT2D eigenvalue weighted by Crippen LogP contribution is 2.16. The largest absolute Gasteiger partial charge is 0.488 e. The summed E-state index contributed by atoms with van der Waals surface area (Å²) in [5.74, 6) is 1.37. The van der Waals surface area contributed by atoms with Crippen molar-refractivity contribution < 1.29 is 4.74 Å². The summed E-state index contributed by atoms with van der Waals surface area (Å²) in [6.45, 7) is 4.99. The summed E-state index contributed by atoms with van der Waals surface area (Å²) >= 11 is 0. The average Bonchev–Trinajstić information content (AvgIpc) is 2.38. The number of rotatable bonds is 4. The highest BCUT2D eigenvalue weighted by atomic mass is 16.5. The van der Waals surface area contributed by atoms with E-state index in [1.165, 1.54) is 11.1 Å². The first-order valence-corrected chi connectivity index (χ1v) is 5.94. The Balaban J connectivity index is 1.96. The van der Waals surface area contributed by atoms with Gasteiger partial charge >= 0.3 is 0 Å². The van der Waals surface area contributed by atoms with Crippen molar-refractivity contribution in [2.75, 3.05) is 0 Å². The van der Waals surface area contributed by atoms with E-state index in [-0.39, 0.29) is 0 Å². The lowest BCUT2D eigenvalue weighted by Crippen LogP contribution is -1.96. The third-order valence-corrected chi connectivity index (χ3v) is 2.72. The summed E-state index contributed by atoms with van der Waals surface area (Å²) < 4.78 is 5.64. The molecular formula is C16H17O. The van der Waals surface area contributed by atoms with E-state index < -0.39 is 0 Å². The summed E-state index contributed by atoms with van der Waals surface area (Å²) in [4.78, 5) is 0. The van der Waals surface area contributed by atoms with Gasteiger partial charge in [0.15, 0.2) is 0 Å². The van der Waals surface area contributed by atoms with E-state index in [4.69, 9.17) is 4.74 Å². The summed E-state index contributed by atoms with van der Waals surface area (Å²) in [6.07, 6.45) is 0. The third-order valence-electron chi connectivity index (χ3n) is 2.72. The molecule has 0 unspecified atom stereocenters. The van der Waals surface area contributed by atoms with E-state index >= 15 is 0 Å². The second kappa shape index (κ2) is 5.53. The Morgan fingerprint density at radius 1 is 1.06 bits per heavy atom. The van der Waals surface area contributed by atoms with E-state index in [1.807, 2.05) is 24.3 Å². The standard InChI is InChI=1S/C16H17O/c1-13(2)15-10-8-14(9-11-15)12-17-16-6-4-3-5-7-16/h3-6,8-11,13H,12H2,1-2H3. The predicted octanol–water partition coefficient (Wildman–Crippen LogP) is 4.19. The Bertz CT molecular complexity index is 443. The molecule has 1 nitrogen and oxygen atoms in total. The van der Waals surface area contributed by atoms with Crippen LogP contribution in [-0.2, 0) is 6.61 Å². The summed E-state index contributed by atoms with van der Waals surface area (Å²) in [5, 5.41) is 0. The van der Waals surface area contributed by atoms with Crippen molar-refractivity contribution in [2.45, 2.75) is 26.4 Å². The number of ether oxygens (including phenoxy) is 1. The highest BCUT2D eigenvalue weighted by molar-refractivity contribution is 5.25. The molecule has 1 heteroatoms. The molecule has 17 heavy (non-hydrogen) atoms. The summed E-state index contributed by atoms with van der Waals surface area (Å²) in [6, 6.07) is 19.3. The van der Waals surface area contributed by atoms with Gasteiger partial charge < -0.3 is 4.74 Å². The quantitative estimate of drug-likeness (QED) is 0.758. The van der Waals surface area contributed by atoms with E-state index in [0.717, 1.165) is 5.75 Å². The van der Waals surface area contributed by atoms with Crippen LogP contribution in [-0.4, -0.2) is 0 Å². The molecule has 1 radical (unpaired) electrons. The Kier molecular flexibility index (Phi) is 3.81. The smallest absolute Gasteiger partial charge is 0.127 e. The van der Waals surface area contributed by atoms with E-state index in [9.17, 15) is 0 Å². The fourth-order valence-electron chi connectivity index (χ4n) is 1.63. The van der Waals surface area contributed by atoms with Gasteiger partial charge in [-0.25, -0.2) is 0 Å². The van der Waals surface area contributed by atoms with Crippen LogP contribution >= 0.6 is 0 Å². The maximum absolute atomic E-state index is 5.64. The van der Waals surface area contributed by atoms with Crippen LogP contribution in [0.15, 0.2) is 48.5 Å². The van der Waals surface area contributed by atoms with Crippen LogP contribution in [0.25, 0.3) is 0 Å². The Labute approximate surface area is 103 Å². The van der Waals surface area contributed by atoms with Crippen LogP contribution in [0, 0.1) is 6.07 Å². The molecule has 87 valence electrons. The maximum Gasteiger partial charge on any atom is 0.127 e. The first-order valence-electron chi connectivity index (χ1n) is 5.94. The normalized spacial score (nSPS) is 10.5. The van der Waals surface area contributed by atoms with Gasteiger partial charge in [0.2, 0.25) is 0 Å². The van der Waals surface area contributed by atoms with Gasteiger partial charge in [-0.05, 0) is 23.1 Å². The van der Waals surface area contributed by atoms with Crippen molar-refractivity contribution >= 4 is 0 Å². The highest BCUT2D eigenvalue weighted by Gasteiger charge is 1.99. The van der Waals surface area contributed by atoms with Crippen molar-refractivity contribution in [1.82, 2.24) is 0 Å². The first kappa shape index (κ1) is 11.7. The Morgan fingerprint density at radius 2 is 1.82 bits per heavy atom. The molecule has 2 aromatic carbocycles. The van der Waals surface area contributed by atoms with Crippen LogP contribution in [0.2, 0.25) is 0 Å². The van der Waals surface area contributed by atoms with Gasteiger partial charge in [-0.3, -0.25) is 0 Å². The van der Waals surface area contributed by atoms with E-state index in [2.05, 4.69) is 44.2 Å². The second-order valence-corrected chi connectivity index (χ2v) is 4.41. The molecule has 0 aliphatic heterocycles. The van der Waals surface area contributed by atoms with Crippen molar-refractivity contribution in [3.8, 4) is 5.75 Å². The van der Waals surface area contributed by atoms with Crippen molar-refractivity contribution in [3.05, 3.63) is 65.7 Å². The van der Waals surface area contributed by atoms with Crippen molar-refractivity contribution in [1.29, 1.82) is 0 Å². The van der Waals surface area contributed by atoms with Gasteiger partial charge in [-0.1, -0.05) is 56.3 Å². The lowest BCUT2D eigenvalue weighted by molar-refractivity contribution is 0.305. The molecule has 0 amide bonds. The van der Waals surface area contributed by atoms with Gasteiger partial charge in [0, 0.05) is 6.07 Å². The third kappa shape index (κ3) is 3.35. The van der Waals surface area contributed by atoms with E-state index in [1.54, 1.807) is 0 Å². The van der Waals surface area contributed by atoms with Crippen LogP contribution in [0.3, 0.4) is 0 Å². The Morgan fingerprint density at radius 3 is 2.41 bits per heavy atom. The molecule has 0 aliphatic carbocycles. The fraction of sp³-hybridized carbons (Fsp3) is 0.250. The lowest BCUT2D eigenvalue weighted by Gasteiger charge is -2.08. The van der Waals surface area contributed by atoms with E-state index in [0.29, 0.717) is 12.5 Å². The molecule has 0 saturated heterocycles. The SMILES string of the molecule is CC(C)c1ccc(COc2[c]cccc2)cc1. The number of hydrogen-bond acceptors (Lipinski definition) is 1. The number of hydrogen-bond donors (Lipinski definition) is 0. The molecule has 0 bridgehead atoms. The van der Waals surface area contributed by atoms with Crippen LogP contribution in [0.5, 0.6) is 5.75 Å². The fourth-order valence-corrected chi connectivity index (χ4v) is 1.63. The van der Waals surface area contributed by atoms with Gasteiger partial charge in [0.05, 0.1) is 0 Å². The van der Waals surface area contributed by atoms with Crippen LogP contribution < -0.4 is 4.74 Å². The molecule has 0 spiro atoms. The molecule has 0 aliphatic rings. The molecular weight excluding hydrogens is 208 g/mol. The molecule has 0 atom stereocenters. The van der Waals surface area contributed by atoms with Crippen molar-refractivity contribution in [3.63, 3.8) is 0 Å². The van der Waals surface area contributed by atoms with Gasteiger partial charge in [-0.15, -0.1) is 0 Å². The summed E-state index contributed by atoms with van der Waals surface area (Å²) in [7, 11) is 0. The Hall–Kier alpha value is -1.76. The molecule has 0 saturated carbocycles. The lowest BCUT2D eigenvalue weighted by atomic mass is 10.0. The molecule has 0 N–H and O–H groups in total. The zero-order chi connectivity index (χ0) is 12.1. The average molecular weight is 225 g/mol. The number of benzene rings is 2.